The van der Waals surface area contributed by atoms with Crippen molar-refractivity contribution in [3.63, 3.8) is 0 Å². The normalized spacial score (nSPS) is 16.4. The molecule has 0 spiro atoms. The number of nitrogens with one attached hydrogen (secondary N) is 1. The smallest absolute Gasteiger partial charge is 0.382 e. The Morgan fingerprint density at radius 2 is 1.80 bits per heavy atom. The van der Waals surface area contributed by atoms with Crippen LogP contribution in [-0.4, -0.2) is 43.7 Å². The van der Waals surface area contributed by atoms with Crippen LogP contribution in [0.3, 0.4) is 0 Å². The molecule has 1 atom stereocenters. The number of carbonyl (C=O) groups is 1. The number of benzene rings is 2. The molecule has 0 saturated carbocycles. The average molecular weight is 722 g/mol. The molecule has 1 aliphatic heterocycles. The Morgan fingerprint density at radius 1 is 1.10 bits per heavy atom. The van der Waals surface area contributed by atoms with E-state index in [-0.39, 0.29) is 29.5 Å². The van der Waals surface area contributed by atoms with Crippen molar-refractivity contribution < 1.29 is 40.3 Å². The van der Waals surface area contributed by atoms with Gasteiger partial charge in [0.1, 0.15) is 23.9 Å². The summed E-state index contributed by atoms with van der Waals surface area (Å²) in [5.41, 5.74) is 5.46. The van der Waals surface area contributed by atoms with Crippen LogP contribution < -0.4 is 11.1 Å². The Hall–Kier alpha value is -4.70. The van der Waals surface area contributed by atoms with Gasteiger partial charge in [0.15, 0.2) is 11.5 Å². The first-order chi connectivity index (χ1) is 23.6. The number of halogens is 8. The van der Waals surface area contributed by atoms with Gasteiger partial charge >= 0.3 is 6.18 Å². The van der Waals surface area contributed by atoms with Gasteiger partial charge in [0.25, 0.3) is 5.92 Å². The van der Waals surface area contributed by atoms with E-state index in [0.717, 1.165) is 12.1 Å². The van der Waals surface area contributed by atoms with Gasteiger partial charge in [0, 0.05) is 34.9 Å². The number of fused-ring (bicyclic) bond motifs is 2. The number of rotatable bonds is 8. The van der Waals surface area contributed by atoms with E-state index in [0.29, 0.717) is 56.7 Å². The lowest BCUT2D eigenvalue weighted by atomic mass is 9.93. The molecule has 7 rings (SSSR count). The molecule has 5 aromatic rings. The number of nitrogen functional groups attached to an aromatic ring is 1. The number of nitrogens with zero attached hydrogens (tertiary/aromatic N) is 5. The zero-order valence-electron chi connectivity index (χ0n) is 26.1. The Balaban J connectivity index is 1.34. The summed E-state index contributed by atoms with van der Waals surface area (Å²) in [5.74, 6) is -6.27. The molecule has 3 aromatic heterocycles. The Labute approximate surface area is 284 Å². The van der Waals surface area contributed by atoms with Crippen LogP contribution in [0, 0.1) is 18.6 Å². The molecule has 3 N–H and O–H groups in total. The van der Waals surface area contributed by atoms with E-state index in [1.165, 1.54) is 0 Å². The molecular weight excluding hydrogens is 695 g/mol. The molecule has 262 valence electrons. The standard InChI is InChI=1S/C33H27ClF7N7O2/c1-15-2-3-20(21-4-5-23(34)26-28(21)48(46-31(26)42)19-13-50-14-19)27(43-15)24(10-16-8-17(35)11-18(36)9-16)44-25(49)12-47-30-22(6-7-32(30,37)38)29(45-47)33(39,40)41/h2-5,8-9,11,19,24H,6-7,10,12-14H2,1H3,(H2,42,46)(H,44,49)/t24-/m0/s1. The molecular formula is C33H27ClF7N7O2. The molecule has 0 unspecified atom stereocenters. The van der Waals surface area contributed by atoms with Crippen molar-refractivity contribution >= 4 is 34.2 Å². The number of aryl methyl sites for hydroxylation is 1. The van der Waals surface area contributed by atoms with Crippen molar-refractivity contribution in [3.05, 3.63) is 93.0 Å². The summed E-state index contributed by atoms with van der Waals surface area (Å²) in [6, 6.07) is 8.15. The summed E-state index contributed by atoms with van der Waals surface area (Å²) in [4.78, 5) is 18.3. The molecule has 2 aromatic carbocycles. The zero-order chi connectivity index (χ0) is 35.7. The fourth-order valence-electron chi connectivity index (χ4n) is 6.62. The van der Waals surface area contributed by atoms with Crippen LogP contribution >= 0.6 is 11.6 Å². The van der Waals surface area contributed by atoms with E-state index in [9.17, 15) is 35.5 Å². The third kappa shape index (κ3) is 6.04. The monoisotopic (exact) mass is 721 g/mol. The lowest BCUT2D eigenvalue weighted by Gasteiger charge is -2.28. The highest BCUT2D eigenvalue weighted by atomic mass is 35.5. The number of pyridine rings is 1. The van der Waals surface area contributed by atoms with Crippen molar-refractivity contribution in [2.24, 2.45) is 0 Å². The number of aromatic nitrogens is 5. The first-order valence-corrected chi connectivity index (χ1v) is 15.8. The van der Waals surface area contributed by atoms with E-state index >= 15 is 0 Å². The third-order valence-corrected chi connectivity index (χ3v) is 9.14. The second-order valence-corrected chi connectivity index (χ2v) is 12.8. The molecule has 1 saturated heterocycles. The average Bonchev–Trinajstić information content (AvgIpc) is 3.63. The summed E-state index contributed by atoms with van der Waals surface area (Å²) < 4.78 is 107. The van der Waals surface area contributed by atoms with Crippen molar-refractivity contribution in [2.45, 2.75) is 56.9 Å². The van der Waals surface area contributed by atoms with Gasteiger partial charge in [-0.25, -0.2) is 8.78 Å². The number of hydrogen-bond acceptors (Lipinski definition) is 6. The van der Waals surface area contributed by atoms with Crippen LogP contribution in [0.1, 0.15) is 52.4 Å². The van der Waals surface area contributed by atoms with Crippen molar-refractivity contribution in [2.75, 3.05) is 18.9 Å². The fourth-order valence-corrected chi connectivity index (χ4v) is 6.87. The van der Waals surface area contributed by atoms with Crippen molar-refractivity contribution in [1.29, 1.82) is 0 Å². The molecule has 1 aliphatic carbocycles. The molecule has 0 radical (unpaired) electrons. The van der Waals surface area contributed by atoms with Crippen molar-refractivity contribution in [1.82, 2.24) is 29.9 Å². The summed E-state index contributed by atoms with van der Waals surface area (Å²) >= 11 is 6.56. The number of ether oxygens (including phenoxy) is 1. The minimum atomic E-state index is -5.03. The Bertz CT molecular complexity index is 2140. The number of anilines is 1. The van der Waals surface area contributed by atoms with Gasteiger partial charge in [-0.1, -0.05) is 23.7 Å². The van der Waals surface area contributed by atoms with Gasteiger partial charge in [-0.05, 0) is 49.6 Å². The van der Waals surface area contributed by atoms with Crippen LogP contribution in [0.2, 0.25) is 5.02 Å². The number of amides is 1. The van der Waals surface area contributed by atoms with E-state index in [2.05, 4.69) is 15.5 Å². The highest BCUT2D eigenvalue weighted by Gasteiger charge is 2.50. The van der Waals surface area contributed by atoms with Gasteiger partial charge < -0.3 is 15.8 Å². The number of alkyl halides is 5. The molecule has 50 heavy (non-hydrogen) atoms. The molecule has 17 heteroatoms. The van der Waals surface area contributed by atoms with Crippen LogP contribution in [0.5, 0.6) is 0 Å². The predicted octanol–water partition coefficient (Wildman–Crippen LogP) is 6.85. The Kier molecular flexibility index (Phi) is 8.28. The molecule has 9 nitrogen and oxygen atoms in total. The minimum absolute atomic E-state index is 0.107. The highest BCUT2D eigenvalue weighted by Crippen LogP contribution is 2.46. The van der Waals surface area contributed by atoms with E-state index in [1.54, 1.807) is 35.9 Å². The largest absolute Gasteiger partial charge is 0.435 e. The first kappa shape index (κ1) is 33.8. The van der Waals surface area contributed by atoms with E-state index < -0.39 is 72.0 Å². The third-order valence-electron chi connectivity index (χ3n) is 8.82. The van der Waals surface area contributed by atoms with Gasteiger partial charge in [0.2, 0.25) is 5.91 Å². The second-order valence-electron chi connectivity index (χ2n) is 12.4. The van der Waals surface area contributed by atoms with Gasteiger partial charge in [-0.15, -0.1) is 0 Å². The second kappa shape index (κ2) is 12.3. The highest BCUT2D eigenvalue weighted by molar-refractivity contribution is 6.37. The SMILES string of the molecule is Cc1ccc(-c2ccc(Cl)c3c(N)nn(C4COC4)c23)c([C@H](Cc2cc(F)cc(F)c2)NC(=O)Cn2nc(C(F)(F)F)c3c2C(F)(F)CC3)n1. The maximum absolute atomic E-state index is 14.8. The first-order valence-electron chi connectivity index (χ1n) is 15.4. The Morgan fingerprint density at radius 3 is 2.46 bits per heavy atom. The van der Waals surface area contributed by atoms with Crippen LogP contribution in [-0.2, 0) is 41.0 Å². The molecule has 2 aliphatic rings. The topological polar surface area (TPSA) is 113 Å². The van der Waals surface area contributed by atoms with Gasteiger partial charge in [0.05, 0.1) is 46.9 Å². The van der Waals surface area contributed by atoms with Crippen molar-refractivity contribution in [3.8, 4) is 11.1 Å². The minimum Gasteiger partial charge on any atom is -0.382 e. The summed E-state index contributed by atoms with van der Waals surface area (Å²) in [6.07, 6.45) is -6.70. The summed E-state index contributed by atoms with van der Waals surface area (Å²) in [6.45, 7) is 1.39. The molecule has 4 heterocycles. The summed E-state index contributed by atoms with van der Waals surface area (Å²) in [7, 11) is 0. The number of hydrogen-bond donors (Lipinski definition) is 2. The lowest BCUT2D eigenvalue weighted by Crippen LogP contribution is -2.35. The predicted molar refractivity (Wildman–Crippen MR) is 167 cm³/mol. The molecule has 1 fully saturated rings. The maximum atomic E-state index is 14.8. The lowest BCUT2D eigenvalue weighted by molar-refractivity contribution is -0.142. The number of nitrogens with two attached hydrogens (primary N) is 1. The van der Waals surface area contributed by atoms with Gasteiger partial charge in [-0.3, -0.25) is 19.1 Å². The molecule has 0 bridgehead atoms. The van der Waals surface area contributed by atoms with E-state index in [1.807, 2.05) is 0 Å². The quantitative estimate of drug-likeness (QED) is 0.170. The fraction of sp³-hybridized carbons (Fsp3) is 0.333. The molecule has 1 amide bonds. The zero-order valence-corrected chi connectivity index (χ0v) is 26.8. The van der Waals surface area contributed by atoms with Gasteiger partial charge in [-0.2, -0.15) is 32.1 Å². The number of carbonyl (C=O) groups excluding carboxylic acids is 1. The maximum Gasteiger partial charge on any atom is 0.435 e. The van der Waals surface area contributed by atoms with E-state index in [4.69, 9.17) is 27.1 Å². The van der Waals surface area contributed by atoms with Crippen LogP contribution in [0.25, 0.3) is 22.0 Å². The van der Waals surface area contributed by atoms with Crippen LogP contribution in [0.4, 0.5) is 36.6 Å². The van der Waals surface area contributed by atoms with Crippen LogP contribution in [0.15, 0.2) is 42.5 Å². The summed E-state index contributed by atoms with van der Waals surface area (Å²) in [5, 5.41) is 11.3.